The standard InChI is InChI=1S/C17H21N3O2/c1-22-17-15(18-13-7-3-4-8-14(13)19-17)9-10-16(21)20-11-5-2-6-12-20/h3-4,7-8H,2,5-6,9-12H2,1H3. The molecule has 0 bridgehead atoms. The van der Waals surface area contributed by atoms with Gasteiger partial charge in [0.25, 0.3) is 0 Å². The van der Waals surface area contributed by atoms with Crippen LogP contribution >= 0.6 is 0 Å². The molecular weight excluding hydrogens is 278 g/mol. The van der Waals surface area contributed by atoms with Gasteiger partial charge in [-0.2, -0.15) is 0 Å². The highest BCUT2D eigenvalue weighted by molar-refractivity contribution is 5.77. The monoisotopic (exact) mass is 299 g/mol. The molecule has 0 N–H and O–H groups in total. The number of hydrogen-bond acceptors (Lipinski definition) is 4. The van der Waals surface area contributed by atoms with Gasteiger partial charge in [-0.25, -0.2) is 9.97 Å². The number of piperidine rings is 1. The van der Waals surface area contributed by atoms with Crippen LogP contribution in [0.25, 0.3) is 11.0 Å². The number of fused-ring (bicyclic) bond motifs is 1. The Balaban J connectivity index is 1.73. The molecule has 0 aliphatic carbocycles. The van der Waals surface area contributed by atoms with Crippen LogP contribution < -0.4 is 4.74 Å². The number of likely N-dealkylation sites (tertiary alicyclic amines) is 1. The van der Waals surface area contributed by atoms with Crippen LogP contribution in [0.2, 0.25) is 0 Å². The summed E-state index contributed by atoms with van der Waals surface area (Å²) in [4.78, 5) is 23.3. The van der Waals surface area contributed by atoms with Gasteiger partial charge in [0.2, 0.25) is 11.8 Å². The maximum absolute atomic E-state index is 12.3. The number of carbonyl (C=O) groups is 1. The van der Waals surface area contributed by atoms with E-state index >= 15 is 0 Å². The van der Waals surface area contributed by atoms with Gasteiger partial charge < -0.3 is 9.64 Å². The molecule has 5 nitrogen and oxygen atoms in total. The third-order valence-corrected chi connectivity index (χ3v) is 4.08. The molecule has 22 heavy (non-hydrogen) atoms. The minimum Gasteiger partial charge on any atom is -0.480 e. The molecule has 1 fully saturated rings. The first kappa shape index (κ1) is 14.8. The largest absolute Gasteiger partial charge is 0.480 e. The van der Waals surface area contributed by atoms with Crippen molar-refractivity contribution in [3.63, 3.8) is 0 Å². The highest BCUT2D eigenvalue weighted by atomic mass is 16.5. The number of hydrogen-bond donors (Lipinski definition) is 0. The second kappa shape index (κ2) is 6.73. The molecule has 0 radical (unpaired) electrons. The summed E-state index contributed by atoms with van der Waals surface area (Å²) < 4.78 is 5.33. The first-order chi connectivity index (χ1) is 10.8. The quantitative estimate of drug-likeness (QED) is 0.870. The number of benzene rings is 1. The molecule has 0 unspecified atom stereocenters. The van der Waals surface area contributed by atoms with Gasteiger partial charge in [-0.3, -0.25) is 4.79 Å². The number of amides is 1. The van der Waals surface area contributed by atoms with Crippen molar-refractivity contribution >= 4 is 16.9 Å². The Morgan fingerprint density at radius 1 is 1.14 bits per heavy atom. The maximum Gasteiger partial charge on any atom is 0.235 e. The van der Waals surface area contributed by atoms with E-state index in [0.717, 1.165) is 42.7 Å². The first-order valence-electron chi connectivity index (χ1n) is 7.85. The molecule has 0 spiro atoms. The second-order valence-electron chi connectivity index (χ2n) is 5.61. The molecule has 1 aliphatic rings. The fourth-order valence-electron chi connectivity index (χ4n) is 2.87. The number of aryl methyl sites for hydroxylation is 1. The van der Waals surface area contributed by atoms with Crippen molar-refractivity contribution in [1.82, 2.24) is 14.9 Å². The van der Waals surface area contributed by atoms with Crippen molar-refractivity contribution < 1.29 is 9.53 Å². The minimum atomic E-state index is 0.205. The number of methoxy groups -OCH3 is 1. The summed E-state index contributed by atoms with van der Waals surface area (Å²) in [5.41, 5.74) is 2.40. The summed E-state index contributed by atoms with van der Waals surface area (Å²) in [6.45, 7) is 1.78. The van der Waals surface area contributed by atoms with Gasteiger partial charge in [-0.1, -0.05) is 12.1 Å². The second-order valence-corrected chi connectivity index (χ2v) is 5.61. The predicted molar refractivity (Wildman–Crippen MR) is 84.8 cm³/mol. The number of ether oxygens (including phenoxy) is 1. The van der Waals surface area contributed by atoms with Crippen LogP contribution in [-0.4, -0.2) is 41.0 Å². The molecule has 2 aromatic rings. The van der Waals surface area contributed by atoms with Crippen LogP contribution in [-0.2, 0) is 11.2 Å². The Labute approximate surface area is 130 Å². The molecule has 2 heterocycles. The molecule has 1 aliphatic heterocycles. The van der Waals surface area contributed by atoms with Gasteiger partial charge in [0.1, 0.15) is 5.69 Å². The van der Waals surface area contributed by atoms with Crippen LogP contribution in [0.15, 0.2) is 24.3 Å². The van der Waals surface area contributed by atoms with E-state index in [9.17, 15) is 4.79 Å². The Morgan fingerprint density at radius 3 is 2.50 bits per heavy atom. The number of aromatic nitrogens is 2. The Kier molecular flexibility index (Phi) is 4.51. The third kappa shape index (κ3) is 3.18. The van der Waals surface area contributed by atoms with Crippen molar-refractivity contribution in [2.75, 3.05) is 20.2 Å². The normalized spacial score (nSPS) is 15.0. The summed E-state index contributed by atoms with van der Waals surface area (Å²) in [6, 6.07) is 7.70. The summed E-state index contributed by atoms with van der Waals surface area (Å²) in [6.07, 6.45) is 4.49. The zero-order chi connectivity index (χ0) is 15.4. The Hall–Kier alpha value is -2.17. The highest BCUT2D eigenvalue weighted by Crippen LogP contribution is 2.20. The van der Waals surface area contributed by atoms with E-state index in [1.807, 2.05) is 29.2 Å². The van der Waals surface area contributed by atoms with Crippen LogP contribution in [0.3, 0.4) is 0 Å². The molecule has 3 rings (SSSR count). The van der Waals surface area contributed by atoms with Crippen LogP contribution in [0.5, 0.6) is 5.88 Å². The van der Waals surface area contributed by atoms with Crippen molar-refractivity contribution in [1.29, 1.82) is 0 Å². The van der Waals surface area contributed by atoms with Crippen LogP contribution in [0.1, 0.15) is 31.4 Å². The van der Waals surface area contributed by atoms with Crippen molar-refractivity contribution in [2.45, 2.75) is 32.1 Å². The van der Waals surface area contributed by atoms with Gasteiger partial charge in [0, 0.05) is 25.9 Å². The topological polar surface area (TPSA) is 55.3 Å². The fraction of sp³-hybridized carbons (Fsp3) is 0.471. The van der Waals surface area contributed by atoms with Crippen LogP contribution in [0, 0.1) is 0 Å². The smallest absolute Gasteiger partial charge is 0.235 e. The molecule has 1 aromatic heterocycles. The molecule has 1 saturated heterocycles. The van der Waals surface area contributed by atoms with E-state index in [1.165, 1.54) is 6.42 Å². The van der Waals surface area contributed by atoms with Gasteiger partial charge in [-0.05, 0) is 31.4 Å². The Morgan fingerprint density at radius 2 is 1.82 bits per heavy atom. The fourth-order valence-corrected chi connectivity index (χ4v) is 2.87. The van der Waals surface area contributed by atoms with E-state index in [2.05, 4.69) is 9.97 Å². The van der Waals surface area contributed by atoms with E-state index in [-0.39, 0.29) is 5.91 Å². The Bertz CT molecular complexity index is 666. The van der Waals surface area contributed by atoms with Gasteiger partial charge in [-0.15, -0.1) is 0 Å². The molecule has 0 saturated carbocycles. The lowest BCUT2D eigenvalue weighted by Crippen LogP contribution is -2.35. The van der Waals surface area contributed by atoms with Crippen molar-refractivity contribution in [3.8, 4) is 5.88 Å². The summed E-state index contributed by atoms with van der Waals surface area (Å²) in [5.74, 6) is 0.724. The number of nitrogens with zero attached hydrogens (tertiary/aromatic N) is 3. The molecule has 1 amide bonds. The lowest BCUT2D eigenvalue weighted by Gasteiger charge is -2.26. The van der Waals surface area contributed by atoms with Gasteiger partial charge in [0.15, 0.2) is 0 Å². The average Bonchev–Trinajstić information content (AvgIpc) is 2.59. The minimum absolute atomic E-state index is 0.205. The molecule has 0 atom stereocenters. The zero-order valence-electron chi connectivity index (χ0n) is 12.9. The van der Waals surface area contributed by atoms with Crippen molar-refractivity contribution in [2.24, 2.45) is 0 Å². The number of rotatable bonds is 4. The molecule has 1 aromatic carbocycles. The molecular formula is C17H21N3O2. The van der Waals surface area contributed by atoms with Crippen molar-refractivity contribution in [3.05, 3.63) is 30.0 Å². The lowest BCUT2D eigenvalue weighted by molar-refractivity contribution is -0.132. The summed E-state index contributed by atoms with van der Waals surface area (Å²) >= 11 is 0. The molecule has 5 heteroatoms. The van der Waals surface area contributed by atoms with E-state index in [4.69, 9.17) is 4.74 Å². The summed E-state index contributed by atoms with van der Waals surface area (Å²) in [5, 5.41) is 0. The van der Waals surface area contributed by atoms with E-state index in [0.29, 0.717) is 18.7 Å². The number of carbonyl (C=O) groups excluding carboxylic acids is 1. The third-order valence-electron chi connectivity index (χ3n) is 4.08. The predicted octanol–water partition coefficient (Wildman–Crippen LogP) is 2.58. The first-order valence-corrected chi connectivity index (χ1v) is 7.85. The van der Waals surface area contributed by atoms with E-state index < -0.39 is 0 Å². The summed E-state index contributed by atoms with van der Waals surface area (Å²) in [7, 11) is 1.59. The SMILES string of the molecule is COc1nc2ccccc2nc1CCC(=O)N1CCCCC1. The van der Waals surface area contributed by atoms with Gasteiger partial charge in [0.05, 0.1) is 18.1 Å². The number of para-hydroxylation sites is 2. The molecule has 116 valence electrons. The maximum atomic E-state index is 12.3. The highest BCUT2D eigenvalue weighted by Gasteiger charge is 2.18. The van der Waals surface area contributed by atoms with Crippen LogP contribution in [0.4, 0.5) is 0 Å². The van der Waals surface area contributed by atoms with E-state index in [1.54, 1.807) is 7.11 Å². The van der Waals surface area contributed by atoms with Gasteiger partial charge >= 0.3 is 0 Å². The average molecular weight is 299 g/mol. The lowest BCUT2D eigenvalue weighted by atomic mass is 10.1. The zero-order valence-corrected chi connectivity index (χ0v) is 12.9.